The van der Waals surface area contributed by atoms with E-state index in [0.717, 1.165) is 19.6 Å². The standard InChI is InChI=1S/C15H21N5O2/c1-11(21-2)15-18-14(22-19-15)10-20-7-6-17-9-13(20)12-4-3-5-16-8-12/h3-5,8,11,13,17H,6-7,9-10H2,1-2H3. The highest BCUT2D eigenvalue weighted by molar-refractivity contribution is 5.15. The van der Waals surface area contributed by atoms with Crippen molar-refractivity contribution >= 4 is 0 Å². The van der Waals surface area contributed by atoms with Gasteiger partial charge in [-0.1, -0.05) is 11.2 Å². The number of pyridine rings is 1. The maximum absolute atomic E-state index is 5.36. The number of aromatic nitrogens is 3. The van der Waals surface area contributed by atoms with E-state index in [1.54, 1.807) is 13.3 Å². The van der Waals surface area contributed by atoms with Gasteiger partial charge in [0, 0.05) is 45.2 Å². The highest BCUT2D eigenvalue weighted by Crippen LogP contribution is 2.23. The zero-order chi connectivity index (χ0) is 15.4. The zero-order valence-corrected chi connectivity index (χ0v) is 12.9. The normalized spacial score (nSPS) is 20.9. The average molecular weight is 303 g/mol. The van der Waals surface area contributed by atoms with E-state index < -0.39 is 0 Å². The molecule has 3 rings (SSSR count). The molecule has 0 bridgehead atoms. The summed E-state index contributed by atoms with van der Waals surface area (Å²) in [6.45, 7) is 5.30. The molecule has 7 nitrogen and oxygen atoms in total. The van der Waals surface area contributed by atoms with Crippen molar-refractivity contribution in [1.29, 1.82) is 0 Å². The minimum atomic E-state index is -0.158. The molecule has 1 aliphatic rings. The number of rotatable bonds is 5. The van der Waals surface area contributed by atoms with Crippen LogP contribution in [0.1, 0.15) is 36.3 Å². The van der Waals surface area contributed by atoms with Crippen LogP contribution in [0.4, 0.5) is 0 Å². The molecular weight excluding hydrogens is 282 g/mol. The SMILES string of the molecule is COC(C)c1noc(CN2CCNCC2c2cccnc2)n1. The quantitative estimate of drug-likeness (QED) is 0.892. The number of nitrogens with zero attached hydrogens (tertiary/aromatic N) is 4. The van der Waals surface area contributed by atoms with Crippen LogP contribution in [0.2, 0.25) is 0 Å². The smallest absolute Gasteiger partial charge is 0.240 e. The van der Waals surface area contributed by atoms with E-state index in [1.165, 1.54) is 5.56 Å². The Morgan fingerprint density at radius 2 is 2.45 bits per heavy atom. The second-order valence-electron chi connectivity index (χ2n) is 5.40. The summed E-state index contributed by atoms with van der Waals surface area (Å²) in [6, 6.07) is 4.33. The molecule has 2 aromatic heterocycles. The van der Waals surface area contributed by atoms with Crippen LogP contribution in [0.5, 0.6) is 0 Å². The number of hydrogen-bond donors (Lipinski definition) is 1. The summed E-state index contributed by atoms with van der Waals surface area (Å²) in [4.78, 5) is 11.0. The third-order valence-corrected chi connectivity index (χ3v) is 3.96. The van der Waals surface area contributed by atoms with Crippen molar-refractivity contribution < 1.29 is 9.26 Å². The Morgan fingerprint density at radius 1 is 1.55 bits per heavy atom. The molecule has 2 atom stereocenters. The molecule has 3 heterocycles. The first-order chi connectivity index (χ1) is 10.8. The lowest BCUT2D eigenvalue weighted by atomic mass is 10.1. The van der Waals surface area contributed by atoms with E-state index in [1.807, 2.05) is 19.2 Å². The van der Waals surface area contributed by atoms with Gasteiger partial charge < -0.3 is 14.6 Å². The number of ether oxygens (including phenoxy) is 1. The van der Waals surface area contributed by atoms with E-state index >= 15 is 0 Å². The van der Waals surface area contributed by atoms with E-state index in [9.17, 15) is 0 Å². The third kappa shape index (κ3) is 3.32. The van der Waals surface area contributed by atoms with Gasteiger partial charge in [-0.05, 0) is 18.6 Å². The van der Waals surface area contributed by atoms with Crippen molar-refractivity contribution in [3.8, 4) is 0 Å². The average Bonchev–Trinajstić information content (AvgIpc) is 3.04. The van der Waals surface area contributed by atoms with Crippen molar-refractivity contribution in [2.75, 3.05) is 26.7 Å². The monoisotopic (exact) mass is 303 g/mol. The molecule has 0 aromatic carbocycles. The number of hydrogen-bond acceptors (Lipinski definition) is 7. The Labute approximate surface area is 129 Å². The first-order valence-corrected chi connectivity index (χ1v) is 7.48. The molecule has 7 heteroatoms. The predicted molar refractivity (Wildman–Crippen MR) is 80.0 cm³/mol. The molecule has 1 fully saturated rings. The van der Waals surface area contributed by atoms with Crippen LogP contribution in [0.15, 0.2) is 29.0 Å². The molecule has 0 radical (unpaired) electrons. The maximum Gasteiger partial charge on any atom is 0.240 e. The lowest BCUT2D eigenvalue weighted by Gasteiger charge is -2.35. The van der Waals surface area contributed by atoms with Gasteiger partial charge >= 0.3 is 0 Å². The lowest BCUT2D eigenvalue weighted by Crippen LogP contribution is -2.45. The zero-order valence-electron chi connectivity index (χ0n) is 12.9. The topological polar surface area (TPSA) is 76.3 Å². The van der Waals surface area contributed by atoms with Crippen molar-refractivity contribution in [3.63, 3.8) is 0 Å². The van der Waals surface area contributed by atoms with Crippen LogP contribution in [-0.2, 0) is 11.3 Å². The van der Waals surface area contributed by atoms with Crippen LogP contribution in [0.3, 0.4) is 0 Å². The second-order valence-corrected chi connectivity index (χ2v) is 5.40. The molecule has 2 aromatic rings. The molecule has 1 aliphatic heterocycles. The summed E-state index contributed by atoms with van der Waals surface area (Å²) in [6.07, 6.45) is 3.55. The Balaban J connectivity index is 1.73. The van der Waals surface area contributed by atoms with Gasteiger partial charge in [0.15, 0.2) is 5.82 Å². The minimum absolute atomic E-state index is 0.158. The molecular formula is C15H21N5O2. The van der Waals surface area contributed by atoms with Gasteiger partial charge in [-0.3, -0.25) is 9.88 Å². The molecule has 22 heavy (non-hydrogen) atoms. The first-order valence-electron chi connectivity index (χ1n) is 7.48. The third-order valence-electron chi connectivity index (χ3n) is 3.96. The van der Waals surface area contributed by atoms with Gasteiger partial charge in [0.25, 0.3) is 0 Å². The highest BCUT2D eigenvalue weighted by atomic mass is 16.5. The van der Waals surface area contributed by atoms with Crippen LogP contribution in [-0.4, -0.2) is 46.8 Å². The Hall–Kier alpha value is -1.83. The largest absolute Gasteiger partial charge is 0.374 e. The van der Waals surface area contributed by atoms with Crippen molar-refractivity contribution in [2.24, 2.45) is 0 Å². The number of nitrogens with one attached hydrogen (secondary N) is 1. The predicted octanol–water partition coefficient (Wildman–Crippen LogP) is 1.32. The second kappa shape index (κ2) is 6.95. The van der Waals surface area contributed by atoms with Gasteiger partial charge in [-0.25, -0.2) is 0 Å². The molecule has 0 saturated carbocycles. The summed E-state index contributed by atoms with van der Waals surface area (Å²) in [5, 5.41) is 7.41. The molecule has 1 saturated heterocycles. The minimum Gasteiger partial charge on any atom is -0.374 e. The van der Waals surface area contributed by atoms with E-state index in [4.69, 9.17) is 9.26 Å². The Kier molecular flexibility index (Phi) is 4.77. The molecule has 0 aliphatic carbocycles. The fourth-order valence-corrected chi connectivity index (χ4v) is 2.61. The molecule has 2 unspecified atom stereocenters. The Morgan fingerprint density at radius 3 is 3.23 bits per heavy atom. The van der Waals surface area contributed by atoms with Crippen molar-refractivity contribution in [3.05, 3.63) is 41.8 Å². The first kappa shape index (κ1) is 15.1. The number of methoxy groups -OCH3 is 1. The molecule has 118 valence electrons. The molecule has 0 spiro atoms. The van der Waals surface area contributed by atoms with Crippen LogP contribution in [0.25, 0.3) is 0 Å². The van der Waals surface area contributed by atoms with E-state index in [-0.39, 0.29) is 12.1 Å². The van der Waals surface area contributed by atoms with Crippen LogP contribution in [0, 0.1) is 0 Å². The fourth-order valence-electron chi connectivity index (χ4n) is 2.61. The molecule has 0 amide bonds. The van der Waals surface area contributed by atoms with Gasteiger partial charge in [-0.15, -0.1) is 0 Å². The molecule has 1 N–H and O–H groups in total. The fraction of sp³-hybridized carbons (Fsp3) is 0.533. The van der Waals surface area contributed by atoms with E-state index in [2.05, 4.69) is 31.4 Å². The summed E-state index contributed by atoms with van der Waals surface area (Å²) in [7, 11) is 1.63. The van der Waals surface area contributed by atoms with Gasteiger partial charge in [-0.2, -0.15) is 4.98 Å². The summed E-state index contributed by atoms with van der Waals surface area (Å²) in [5.74, 6) is 1.21. The summed E-state index contributed by atoms with van der Waals surface area (Å²) in [5.41, 5.74) is 1.19. The lowest BCUT2D eigenvalue weighted by molar-refractivity contribution is 0.109. The van der Waals surface area contributed by atoms with Gasteiger partial charge in [0.2, 0.25) is 5.89 Å². The highest BCUT2D eigenvalue weighted by Gasteiger charge is 2.26. The Bertz CT molecular complexity index is 589. The summed E-state index contributed by atoms with van der Waals surface area (Å²) < 4.78 is 10.6. The van der Waals surface area contributed by atoms with Crippen molar-refractivity contribution in [1.82, 2.24) is 25.3 Å². The van der Waals surface area contributed by atoms with Crippen LogP contribution >= 0.6 is 0 Å². The van der Waals surface area contributed by atoms with Gasteiger partial charge in [0.05, 0.1) is 6.54 Å². The van der Waals surface area contributed by atoms with Crippen LogP contribution < -0.4 is 5.32 Å². The summed E-state index contributed by atoms with van der Waals surface area (Å²) >= 11 is 0. The van der Waals surface area contributed by atoms with E-state index in [0.29, 0.717) is 18.3 Å². The van der Waals surface area contributed by atoms with Crippen molar-refractivity contribution in [2.45, 2.75) is 25.6 Å². The number of piperazine rings is 1. The van der Waals surface area contributed by atoms with Gasteiger partial charge in [0.1, 0.15) is 6.10 Å². The maximum atomic E-state index is 5.36.